The Labute approximate surface area is 151 Å². The van der Waals surface area contributed by atoms with Crippen molar-refractivity contribution in [3.8, 4) is 0 Å². The molecule has 1 aromatic rings. The van der Waals surface area contributed by atoms with Crippen molar-refractivity contribution in [3.05, 3.63) is 28.2 Å². The molecule has 0 aliphatic carbocycles. The molecule has 1 fully saturated rings. The Balaban J connectivity index is 1.99. The van der Waals surface area contributed by atoms with Crippen LogP contribution in [0.25, 0.3) is 0 Å². The summed E-state index contributed by atoms with van der Waals surface area (Å²) in [7, 11) is 0. The third-order valence-corrected chi connectivity index (χ3v) is 3.83. The quantitative estimate of drug-likeness (QED) is 0.880. The average molecular weight is 374 g/mol. The third kappa shape index (κ3) is 4.92. The van der Waals surface area contributed by atoms with E-state index in [-0.39, 0.29) is 12.5 Å². The van der Waals surface area contributed by atoms with E-state index < -0.39 is 11.7 Å². The minimum absolute atomic E-state index is 0.142. The highest BCUT2D eigenvalue weighted by Gasteiger charge is 2.28. The minimum atomic E-state index is -0.619. The van der Waals surface area contributed by atoms with E-state index in [1.165, 1.54) is 0 Å². The SMILES string of the molecule is CC(C)(C)OC(=O)NCC(=O)N1CCCN1c1ccc(Cl)cc1Cl. The normalized spacial score (nSPS) is 14.7. The molecule has 0 unspecified atom stereocenters. The molecule has 8 heteroatoms. The predicted molar refractivity (Wildman–Crippen MR) is 94.4 cm³/mol. The van der Waals surface area contributed by atoms with Gasteiger partial charge in [-0.25, -0.2) is 4.79 Å². The summed E-state index contributed by atoms with van der Waals surface area (Å²) in [6.07, 6.45) is 0.197. The number of anilines is 1. The van der Waals surface area contributed by atoms with Gasteiger partial charge in [0, 0.05) is 18.1 Å². The summed E-state index contributed by atoms with van der Waals surface area (Å²) in [5, 5.41) is 6.87. The van der Waals surface area contributed by atoms with Gasteiger partial charge in [0.05, 0.1) is 10.7 Å². The third-order valence-electron chi connectivity index (χ3n) is 3.29. The number of nitrogens with zero attached hydrogens (tertiary/aromatic N) is 2. The van der Waals surface area contributed by atoms with Crippen LogP contribution in [-0.2, 0) is 9.53 Å². The van der Waals surface area contributed by atoms with Crippen LogP contribution in [0.5, 0.6) is 0 Å². The number of benzene rings is 1. The molecule has 2 amide bonds. The van der Waals surface area contributed by atoms with Crippen LogP contribution in [0.2, 0.25) is 10.0 Å². The minimum Gasteiger partial charge on any atom is -0.444 e. The van der Waals surface area contributed by atoms with E-state index in [1.807, 2.05) is 0 Å². The number of nitrogens with one attached hydrogen (secondary N) is 1. The highest BCUT2D eigenvalue weighted by Crippen LogP contribution is 2.31. The maximum Gasteiger partial charge on any atom is 0.408 e. The first-order valence-electron chi connectivity index (χ1n) is 7.67. The fourth-order valence-corrected chi connectivity index (χ4v) is 2.87. The molecule has 1 heterocycles. The fourth-order valence-electron chi connectivity index (χ4n) is 2.37. The molecular weight excluding hydrogens is 353 g/mol. The average Bonchev–Trinajstić information content (AvgIpc) is 2.92. The van der Waals surface area contributed by atoms with E-state index in [1.54, 1.807) is 49.0 Å². The zero-order chi connectivity index (χ0) is 17.9. The van der Waals surface area contributed by atoms with Gasteiger partial charge in [0.1, 0.15) is 12.1 Å². The van der Waals surface area contributed by atoms with E-state index in [0.29, 0.717) is 28.8 Å². The highest BCUT2D eigenvalue weighted by atomic mass is 35.5. The molecule has 1 aliphatic heterocycles. The summed E-state index contributed by atoms with van der Waals surface area (Å²) < 4.78 is 5.12. The molecule has 1 aromatic carbocycles. The smallest absolute Gasteiger partial charge is 0.408 e. The number of hydrogen-bond acceptors (Lipinski definition) is 4. The Bertz CT molecular complexity index is 631. The van der Waals surface area contributed by atoms with Gasteiger partial charge < -0.3 is 10.1 Å². The van der Waals surface area contributed by atoms with Gasteiger partial charge in [-0.2, -0.15) is 0 Å². The Morgan fingerprint density at radius 3 is 2.58 bits per heavy atom. The second kappa shape index (κ2) is 7.49. The number of carbonyl (C=O) groups is 2. The Morgan fingerprint density at radius 1 is 1.25 bits per heavy atom. The summed E-state index contributed by atoms with van der Waals surface area (Å²) in [4.78, 5) is 24.1. The lowest BCUT2D eigenvalue weighted by atomic mass is 10.2. The number of hydrogen-bond donors (Lipinski definition) is 1. The Kier molecular flexibility index (Phi) is 5.83. The van der Waals surface area contributed by atoms with Gasteiger partial charge in [-0.1, -0.05) is 23.2 Å². The summed E-state index contributed by atoms with van der Waals surface area (Å²) >= 11 is 12.1. The van der Waals surface area contributed by atoms with Crippen LogP contribution in [0.3, 0.4) is 0 Å². The van der Waals surface area contributed by atoms with Gasteiger partial charge in [-0.05, 0) is 45.4 Å². The Hall–Kier alpha value is -1.66. The van der Waals surface area contributed by atoms with Crippen molar-refractivity contribution < 1.29 is 14.3 Å². The van der Waals surface area contributed by atoms with Gasteiger partial charge in [-0.3, -0.25) is 14.8 Å². The summed E-state index contributed by atoms with van der Waals surface area (Å²) in [5.41, 5.74) is 0.105. The molecule has 2 rings (SSSR count). The number of hydrazine groups is 1. The first-order chi connectivity index (χ1) is 11.2. The molecule has 0 saturated carbocycles. The first-order valence-corrected chi connectivity index (χ1v) is 8.43. The Morgan fingerprint density at radius 2 is 1.96 bits per heavy atom. The van der Waals surface area contributed by atoms with Gasteiger partial charge in [0.25, 0.3) is 5.91 Å². The van der Waals surface area contributed by atoms with Crippen LogP contribution in [-0.4, -0.2) is 42.2 Å². The molecule has 0 radical (unpaired) electrons. The summed E-state index contributed by atoms with van der Waals surface area (Å²) in [6, 6.07) is 5.14. The van der Waals surface area contributed by atoms with E-state index in [9.17, 15) is 9.59 Å². The number of carbonyl (C=O) groups excluding carboxylic acids is 2. The van der Waals surface area contributed by atoms with Crippen LogP contribution >= 0.6 is 23.2 Å². The zero-order valence-electron chi connectivity index (χ0n) is 13.9. The molecule has 1 saturated heterocycles. The van der Waals surface area contributed by atoms with Gasteiger partial charge in [-0.15, -0.1) is 0 Å². The predicted octanol–water partition coefficient (Wildman–Crippen LogP) is 3.47. The van der Waals surface area contributed by atoms with Gasteiger partial charge >= 0.3 is 6.09 Å². The van der Waals surface area contributed by atoms with Crippen molar-refractivity contribution in [2.75, 3.05) is 24.6 Å². The molecular formula is C16H21Cl2N3O3. The summed E-state index contributed by atoms with van der Waals surface area (Å²) in [5.74, 6) is -0.232. The van der Waals surface area contributed by atoms with Crippen LogP contribution in [0.1, 0.15) is 27.2 Å². The number of amides is 2. The van der Waals surface area contributed by atoms with Crippen LogP contribution < -0.4 is 10.3 Å². The van der Waals surface area contributed by atoms with Crippen LogP contribution in [0.15, 0.2) is 18.2 Å². The lowest BCUT2D eigenvalue weighted by Crippen LogP contribution is -2.47. The van der Waals surface area contributed by atoms with Crippen molar-refractivity contribution >= 4 is 40.9 Å². The number of ether oxygens (including phenoxy) is 1. The number of rotatable bonds is 3. The first kappa shape index (κ1) is 18.7. The topological polar surface area (TPSA) is 61.9 Å². The van der Waals surface area contributed by atoms with E-state index >= 15 is 0 Å². The molecule has 1 aliphatic rings. The second-order valence-electron chi connectivity index (χ2n) is 6.44. The largest absolute Gasteiger partial charge is 0.444 e. The lowest BCUT2D eigenvalue weighted by molar-refractivity contribution is -0.129. The van der Waals surface area contributed by atoms with E-state index in [2.05, 4.69) is 5.32 Å². The van der Waals surface area contributed by atoms with E-state index in [4.69, 9.17) is 27.9 Å². The van der Waals surface area contributed by atoms with Gasteiger partial charge in [0.2, 0.25) is 0 Å². The van der Waals surface area contributed by atoms with Gasteiger partial charge in [0.15, 0.2) is 0 Å². The molecule has 132 valence electrons. The molecule has 1 N–H and O–H groups in total. The highest BCUT2D eigenvalue weighted by molar-refractivity contribution is 6.36. The van der Waals surface area contributed by atoms with Crippen molar-refractivity contribution in [1.29, 1.82) is 0 Å². The molecule has 0 atom stereocenters. The van der Waals surface area contributed by atoms with Crippen LogP contribution in [0.4, 0.5) is 10.5 Å². The van der Waals surface area contributed by atoms with E-state index in [0.717, 1.165) is 6.42 Å². The van der Waals surface area contributed by atoms with Crippen molar-refractivity contribution in [3.63, 3.8) is 0 Å². The summed E-state index contributed by atoms with van der Waals surface area (Å²) in [6.45, 7) is 6.38. The van der Waals surface area contributed by atoms with Crippen LogP contribution in [0, 0.1) is 0 Å². The number of halogens is 2. The number of alkyl carbamates (subject to hydrolysis) is 1. The maximum absolute atomic E-state index is 12.4. The zero-order valence-corrected chi connectivity index (χ0v) is 15.4. The molecule has 0 aromatic heterocycles. The molecule has 24 heavy (non-hydrogen) atoms. The second-order valence-corrected chi connectivity index (χ2v) is 7.29. The lowest BCUT2D eigenvalue weighted by Gasteiger charge is -2.30. The monoisotopic (exact) mass is 373 g/mol. The maximum atomic E-state index is 12.4. The fraction of sp³-hybridized carbons (Fsp3) is 0.500. The molecule has 0 bridgehead atoms. The van der Waals surface area contributed by atoms with Crippen molar-refractivity contribution in [1.82, 2.24) is 10.3 Å². The molecule has 0 spiro atoms. The van der Waals surface area contributed by atoms with Crippen molar-refractivity contribution in [2.24, 2.45) is 0 Å². The molecule has 6 nitrogen and oxygen atoms in total. The van der Waals surface area contributed by atoms with Crippen molar-refractivity contribution in [2.45, 2.75) is 32.8 Å². The standard InChI is InChI=1S/C16H21Cl2N3O3/c1-16(2,3)24-15(23)19-10-14(22)21-8-4-7-20(21)13-6-5-11(17)9-12(13)18/h5-6,9H,4,7-8,10H2,1-3H3,(H,19,23).